The Morgan fingerprint density at radius 2 is 2.18 bits per heavy atom. The molecule has 1 N–H and O–H groups in total. The third-order valence-corrected chi connectivity index (χ3v) is 4.23. The lowest BCUT2D eigenvalue weighted by Crippen LogP contribution is -2.38. The van der Waals surface area contributed by atoms with Gasteiger partial charge in [-0.15, -0.1) is 0 Å². The molecule has 2 heterocycles. The van der Waals surface area contributed by atoms with E-state index in [1.807, 2.05) is 35.2 Å². The van der Waals surface area contributed by atoms with Gasteiger partial charge in [0.15, 0.2) is 0 Å². The number of carbonyl (C=O) groups excluding carboxylic acids is 1. The summed E-state index contributed by atoms with van der Waals surface area (Å²) in [4.78, 5) is 14.6. The first kappa shape index (κ1) is 14.8. The molecule has 0 bridgehead atoms. The van der Waals surface area contributed by atoms with E-state index in [-0.39, 0.29) is 5.91 Å². The largest absolute Gasteiger partial charge is 0.380 e. The first-order valence-electron chi connectivity index (χ1n) is 7.64. The van der Waals surface area contributed by atoms with Gasteiger partial charge in [0.1, 0.15) is 0 Å². The van der Waals surface area contributed by atoms with E-state index in [0.717, 1.165) is 37.1 Å². The predicted molar refractivity (Wildman–Crippen MR) is 83.6 cm³/mol. The molecule has 1 aliphatic rings. The summed E-state index contributed by atoms with van der Waals surface area (Å²) in [5, 5.41) is 7.05. The van der Waals surface area contributed by atoms with E-state index < -0.39 is 0 Å². The molecule has 1 fully saturated rings. The summed E-state index contributed by atoms with van der Waals surface area (Å²) in [6, 6.07) is 9.72. The second kappa shape index (κ2) is 6.75. The molecule has 5 heteroatoms. The molecule has 0 spiro atoms. The molecule has 1 amide bonds. The fourth-order valence-electron chi connectivity index (χ4n) is 3.03. The van der Waals surface area contributed by atoms with Crippen LogP contribution >= 0.6 is 0 Å². The highest BCUT2D eigenvalue weighted by Gasteiger charge is 2.25. The highest BCUT2D eigenvalue weighted by Crippen LogP contribution is 2.27. The molecule has 2 aromatic rings. The van der Waals surface area contributed by atoms with Crippen LogP contribution < -0.4 is 0 Å². The van der Waals surface area contributed by atoms with Crippen LogP contribution in [0.4, 0.5) is 0 Å². The lowest BCUT2D eigenvalue weighted by atomic mass is 9.93. The fourth-order valence-corrected chi connectivity index (χ4v) is 3.03. The van der Waals surface area contributed by atoms with E-state index >= 15 is 0 Å². The Bertz CT molecular complexity index is 617. The molecule has 22 heavy (non-hydrogen) atoms. The molecule has 3 rings (SSSR count). The summed E-state index contributed by atoms with van der Waals surface area (Å²) < 4.78 is 5.13. The molecule has 1 aromatic heterocycles. The summed E-state index contributed by atoms with van der Waals surface area (Å²) in [5.74, 6) is 0.590. The zero-order chi connectivity index (χ0) is 15.4. The van der Waals surface area contributed by atoms with Gasteiger partial charge >= 0.3 is 0 Å². The molecular weight excluding hydrogens is 278 g/mol. The summed E-state index contributed by atoms with van der Waals surface area (Å²) in [6.45, 7) is 2.11. The van der Waals surface area contributed by atoms with E-state index in [2.05, 4.69) is 10.2 Å². The van der Waals surface area contributed by atoms with E-state index in [1.165, 1.54) is 5.69 Å². The Labute approximate surface area is 130 Å². The van der Waals surface area contributed by atoms with Crippen LogP contribution in [0.25, 0.3) is 0 Å². The van der Waals surface area contributed by atoms with Crippen LogP contribution in [0.1, 0.15) is 40.4 Å². The van der Waals surface area contributed by atoms with Gasteiger partial charge in [-0.05, 0) is 36.6 Å². The van der Waals surface area contributed by atoms with Crippen LogP contribution in [0.3, 0.4) is 0 Å². The van der Waals surface area contributed by atoms with E-state index in [9.17, 15) is 4.79 Å². The fraction of sp³-hybridized carbons (Fsp3) is 0.412. The Balaban J connectivity index is 1.63. The highest BCUT2D eigenvalue weighted by molar-refractivity contribution is 5.94. The average Bonchev–Trinajstić information content (AvgIpc) is 3.09. The molecule has 116 valence electrons. The number of likely N-dealkylation sites (tertiary alicyclic amines) is 1. The summed E-state index contributed by atoms with van der Waals surface area (Å²) in [6.07, 6.45) is 3.74. The number of hydrogen-bond acceptors (Lipinski definition) is 3. The smallest absolute Gasteiger partial charge is 0.253 e. The molecule has 1 aliphatic heterocycles. The predicted octanol–water partition coefficient (Wildman–Crippen LogP) is 2.58. The number of rotatable bonds is 4. The highest BCUT2D eigenvalue weighted by atomic mass is 16.5. The van der Waals surface area contributed by atoms with Crippen molar-refractivity contribution in [2.24, 2.45) is 0 Å². The van der Waals surface area contributed by atoms with Crippen molar-refractivity contribution in [3.63, 3.8) is 0 Å². The minimum atomic E-state index is 0.112. The van der Waals surface area contributed by atoms with Gasteiger partial charge < -0.3 is 9.64 Å². The summed E-state index contributed by atoms with van der Waals surface area (Å²) in [5.41, 5.74) is 2.95. The molecule has 0 atom stereocenters. The number of hydrogen-bond donors (Lipinski definition) is 1. The molecule has 1 saturated heterocycles. The SMILES string of the molecule is COCc1cccc(C(=O)N2CCC(c3ccn[nH]3)CC2)c1. The van der Waals surface area contributed by atoms with Crippen molar-refractivity contribution in [1.29, 1.82) is 0 Å². The zero-order valence-corrected chi connectivity index (χ0v) is 12.8. The number of nitrogens with one attached hydrogen (secondary N) is 1. The van der Waals surface area contributed by atoms with Gasteiger partial charge in [-0.25, -0.2) is 0 Å². The van der Waals surface area contributed by atoms with Crippen molar-refractivity contribution in [3.8, 4) is 0 Å². The van der Waals surface area contributed by atoms with Gasteiger partial charge in [-0.1, -0.05) is 12.1 Å². The number of piperidine rings is 1. The summed E-state index contributed by atoms with van der Waals surface area (Å²) in [7, 11) is 1.66. The minimum absolute atomic E-state index is 0.112. The van der Waals surface area contributed by atoms with Crippen LogP contribution in [-0.2, 0) is 11.3 Å². The third-order valence-electron chi connectivity index (χ3n) is 4.23. The van der Waals surface area contributed by atoms with Gasteiger partial charge in [0.2, 0.25) is 0 Å². The second-order valence-corrected chi connectivity index (χ2v) is 5.71. The molecule has 0 aliphatic carbocycles. The number of methoxy groups -OCH3 is 1. The van der Waals surface area contributed by atoms with Gasteiger partial charge in [0.05, 0.1) is 6.61 Å². The van der Waals surface area contributed by atoms with Crippen LogP contribution in [0.5, 0.6) is 0 Å². The minimum Gasteiger partial charge on any atom is -0.380 e. The topological polar surface area (TPSA) is 58.2 Å². The van der Waals surface area contributed by atoms with Gasteiger partial charge in [0, 0.05) is 43.6 Å². The zero-order valence-electron chi connectivity index (χ0n) is 12.8. The van der Waals surface area contributed by atoms with Gasteiger partial charge in [-0.3, -0.25) is 9.89 Å². The maximum Gasteiger partial charge on any atom is 0.253 e. The molecule has 1 aromatic carbocycles. The lowest BCUT2D eigenvalue weighted by Gasteiger charge is -2.31. The number of carbonyl (C=O) groups is 1. The van der Waals surface area contributed by atoms with Crippen molar-refractivity contribution >= 4 is 5.91 Å². The van der Waals surface area contributed by atoms with Crippen molar-refractivity contribution in [2.45, 2.75) is 25.4 Å². The number of aromatic amines is 1. The Kier molecular flexibility index (Phi) is 4.53. The quantitative estimate of drug-likeness (QED) is 0.944. The van der Waals surface area contributed by atoms with Crippen LogP contribution in [0.2, 0.25) is 0 Å². The molecule has 5 nitrogen and oxygen atoms in total. The maximum absolute atomic E-state index is 12.6. The first-order chi connectivity index (χ1) is 10.8. The van der Waals surface area contributed by atoms with E-state index in [0.29, 0.717) is 12.5 Å². The Morgan fingerprint density at radius 1 is 1.36 bits per heavy atom. The molecular formula is C17H21N3O2. The second-order valence-electron chi connectivity index (χ2n) is 5.71. The number of aromatic nitrogens is 2. The maximum atomic E-state index is 12.6. The van der Waals surface area contributed by atoms with Crippen molar-refractivity contribution in [3.05, 3.63) is 53.3 Å². The van der Waals surface area contributed by atoms with Crippen molar-refractivity contribution in [2.75, 3.05) is 20.2 Å². The monoisotopic (exact) mass is 299 g/mol. The van der Waals surface area contributed by atoms with Crippen molar-refractivity contribution < 1.29 is 9.53 Å². The third kappa shape index (κ3) is 3.20. The van der Waals surface area contributed by atoms with Crippen LogP contribution in [0.15, 0.2) is 36.5 Å². The number of H-pyrrole nitrogens is 1. The molecule has 0 saturated carbocycles. The molecule has 0 unspecified atom stereocenters. The van der Waals surface area contributed by atoms with E-state index in [1.54, 1.807) is 13.3 Å². The normalized spacial score (nSPS) is 16.0. The van der Waals surface area contributed by atoms with Crippen LogP contribution in [-0.4, -0.2) is 41.2 Å². The van der Waals surface area contributed by atoms with Crippen LogP contribution in [0, 0.1) is 0 Å². The lowest BCUT2D eigenvalue weighted by molar-refractivity contribution is 0.0711. The number of nitrogens with zero attached hydrogens (tertiary/aromatic N) is 2. The average molecular weight is 299 g/mol. The van der Waals surface area contributed by atoms with Gasteiger partial charge in [0.25, 0.3) is 5.91 Å². The summed E-state index contributed by atoms with van der Waals surface area (Å²) >= 11 is 0. The number of amides is 1. The Morgan fingerprint density at radius 3 is 2.86 bits per heavy atom. The first-order valence-corrected chi connectivity index (χ1v) is 7.64. The number of ether oxygens (including phenoxy) is 1. The van der Waals surface area contributed by atoms with Gasteiger partial charge in [-0.2, -0.15) is 5.10 Å². The van der Waals surface area contributed by atoms with Crippen molar-refractivity contribution in [1.82, 2.24) is 15.1 Å². The van der Waals surface area contributed by atoms with E-state index in [4.69, 9.17) is 4.74 Å². The molecule has 0 radical (unpaired) electrons. The Hall–Kier alpha value is -2.14. The number of benzene rings is 1. The standard InChI is InChI=1S/C17H21N3O2/c1-22-12-13-3-2-4-15(11-13)17(21)20-9-6-14(7-10-20)16-5-8-18-19-16/h2-5,8,11,14H,6-7,9-10,12H2,1H3,(H,18,19).